The molecular weight excluding hydrogens is 861 g/mol. The second kappa shape index (κ2) is 14.4. The SMILES string of the molecule is N#Cc1c(-n2c3ccccc3c3ccccc32)c(-n2c3ccccc3c3ccccc32)c(-c2nc3ccccc3s2)c(-n2c3ccccc3c3ccccc32)c1-n1c2ccccc2c2ccccc21. The van der Waals surface area contributed by atoms with Gasteiger partial charge in [-0.2, -0.15) is 5.26 Å². The molecule has 10 aromatic carbocycles. The van der Waals surface area contributed by atoms with Crippen molar-refractivity contribution in [3.63, 3.8) is 0 Å². The summed E-state index contributed by atoms with van der Waals surface area (Å²) >= 11 is 1.70. The van der Waals surface area contributed by atoms with Crippen LogP contribution in [-0.2, 0) is 0 Å². The van der Waals surface area contributed by atoms with E-state index in [1.807, 2.05) is 0 Å². The highest BCUT2D eigenvalue weighted by atomic mass is 32.1. The summed E-state index contributed by atoms with van der Waals surface area (Å²) in [6.45, 7) is 0. The van der Waals surface area contributed by atoms with E-state index < -0.39 is 0 Å². The third kappa shape index (κ3) is 5.15. The summed E-state index contributed by atoms with van der Waals surface area (Å²) in [6.07, 6.45) is 0. The van der Waals surface area contributed by atoms with Crippen molar-refractivity contribution in [2.24, 2.45) is 0 Å². The number of para-hydroxylation sites is 9. The van der Waals surface area contributed by atoms with Gasteiger partial charge >= 0.3 is 0 Å². The van der Waals surface area contributed by atoms with Crippen molar-refractivity contribution in [3.8, 4) is 39.4 Å². The Labute approximate surface area is 398 Å². The summed E-state index contributed by atoms with van der Waals surface area (Å²) in [6, 6.07) is 80.7. The molecule has 0 aliphatic rings. The van der Waals surface area contributed by atoms with Crippen LogP contribution in [0.15, 0.2) is 218 Å². The van der Waals surface area contributed by atoms with E-state index in [2.05, 4.69) is 243 Å². The Morgan fingerprint density at radius 1 is 0.319 bits per heavy atom. The van der Waals surface area contributed by atoms with Crippen molar-refractivity contribution in [3.05, 3.63) is 224 Å². The molecule has 0 saturated carbocycles. The van der Waals surface area contributed by atoms with Crippen LogP contribution < -0.4 is 0 Å². The molecule has 0 aliphatic heterocycles. The van der Waals surface area contributed by atoms with Crippen LogP contribution in [0, 0.1) is 11.3 Å². The summed E-state index contributed by atoms with van der Waals surface area (Å²) in [5, 5.41) is 22.4. The van der Waals surface area contributed by atoms with Crippen LogP contribution in [0.25, 0.3) is 131 Å². The lowest BCUT2D eigenvalue weighted by Gasteiger charge is -2.28. The Kier molecular flexibility index (Phi) is 7.91. The first kappa shape index (κ1) is 37.9. The fourth-order valence-electron chi connectivity index (χ4n) is 11.5. The van der Waals surface area contributed by atoms with Gasteiger partial charge in [0.15, 0.2) is 0 Å². The predicted molar refractivity (Wildman–Crippen MR) is 287 cm³/mol. The Hall–Kier alpha value is -9.22. The first-order valence-electron chi connectivity index (χ1n) is 23.2. The number of fused-ring (bicyclic) bond motifs is 13. The minimum absolute atomic E-state index is 0.534. The number of hydrogen-bond acceptors (Lipinski definition) is 3. The van der Waals surface area contributed by atoms with Crippen LogP contribution >= 0.6 is 11.3 Å². The molecular formula is C62H36N6S. The molecule has 0 fully saturated rings. The summed E-state index contributed by atoms with van der Waals surface area (Å²) in [7, 11) is 0. The molecule has 0 N–H and O–H groups in total. The second-order valence-electron chi connectivity index (χ2n) is 17.7. The van der Waals surface area contributed by atoms with E-state index >= 15 is 0 Å². The average molecular weight is 897 g/mol. The van der Waals surface area contributed by atoms with E-state index in [9.17, 15) is 5.26 Å². The van der Waals surface area contributed by atoms with Gasteiger partial charge in [-0.15, -0.1) is 11.3 Å². The summed E-state index contributed by atoms with van der Waals surface area (Å²) in [4.78, 5) is 5.68. The van der Waals surface area contributed by atoms with Crippen molar-refractivity contribution < 1.29 is 0 Å². The molecule has 320 valence electrons. The molecule has 5 aromatic heterocycles. The molecule has 0 saturated heterocycles. The number of nitrogens with zero attached hydrogens (tertiary/aromatic N) is 6. The highest BCUT2D eigenvalue weighted by Gasteiger charge is 2.35. The van der Waals surface area contributed by atoms with Gasteiger partial charge < -0.3 is 18.3 Å². The quantitative estimate of drug-likeness (QED) is 0.173. The molecule has 0 radical (unpaired) electrons. The molecule has 69 heavy (non-hydrogen) atoms. The zero-order valence-corrected chi connectivity index (χ0v) is 37.7. The van der Waals surface area contributed by atoms with Gasteiger partial charge in [-0.25, -0.2) is 4.98 Å². The van der Waals surface area contributed by atoms with Gasteiger partial charge in [-0.05, 0) is 60.7 Å². The Balaban J connectivity index is 1.32. The van der Waals surface area contributed by atoms with E-state index in [0.717, 1.165) is 131 Å². The van der Waals surface area contributed by atoms with Gasteiger partial charge in [-0.3, -0.25) is 0 Å². The first-order valence-corrected chi connectivity index (χ1v) is 24.0. The smallest absolute Gasteiger partial charge is 0.129 e. The van der Waals surface area contributed by atoms with Crippen LogP contribution in [0.1, 0.15) is 5.56 Å². The van der Waals surface area contributed by atoms with Gasteiger partial charge in [0.1, 0.15) is 16.6 Å². The Morgan fingerprint density at radius 2 is 0.580 bits per heavy atom. The lowest BCUT2D eigenvalue weighted by Crippen LogP contribution is -2.16. The molecule has 0 bridgehead atoms. The maximum Gasteiger partial charge on any atom is 0.129 e. The molecule has 0 unspecified atom stereocenters. The maximum atomic E-state index is 12.6. The normalized spacial score (nSPS) is 12.0. The molecule has 0 spiro atoms. The molecule has 0 aliphatic carbocycles. The summed E-state index contributed by atoms with van der Waals surface area (Å²) in [5.41, 5.74) is 13.8. The number of benzene rings is 10. The van der Waals surface area contributed by atoms with Gasteiger partial charge in [0.25, 0.3) is 0 Å². The Bertz CT molecular complexity index is 4200. The van der Waals surface area contributed by atoms with Gasteiger partial charge in [0.2, 0.25) is 0 Å². The highest BCUT2D eigenvalue weighted by Crippen LogP contribution is 2.52. The van der Waals surface area contributed by atoms with Crippen molar-refractivity contribution >= 4 is 109 Å². The van der Waals surface area contributed by atoms with Crippen molar-refractivity contribution in [2.45, 2.75) is 0 Å². The predicted octanol–water partition coefficient (Wildman–Crippen LogP) is 16.2. The largest absolute Gasteiger partial charge is 0.306 e. The molecule has 15 rings (SSSR count). The number of hydrogen-bond donors (Lipinski definition) is 0. The minimum Gasteiger partial charge on any atom is -0.306 e. The van der Waals surface area contributed by atoms with E-state index in [4.69, 9.17) is 4.98 Å². The summed E-state index contributed by atoms with van der Waals surface area (Å²) in [5.74, 6) is 0. The molecule has 0 atom stereocenters. The van der Waals surface area contributed by atoms with Crippen molar-refractivity contribution in [1.82, 2.24) is 23.3 Å². The third-order valence-electron chi connectivity index (χ3n) is 14.2. The van der Waals surface area contributed by atoms with E-state index in [1.54, 1.807) is 11.3 Å². The molecule has 5 heterocycles. The molecule has 6 nitrogen and oxygen atoms in total. The zero-order valence-electron chi connectivity index (χ0n) is 36.9. The number of nitriles is 1. The van der Waals surface area contributed by atoms with Crippen LogP contribution in [0.2, 0.25) is 0 Å². The average Bonchev–Trinajstić information content (AvgIpc) is 4.22. The standard InChI is InChI=1S/C62H36N6S/c63-37-46-58(65-48-28-10-1-19-38(48)39-20-2-11-29-49(39)65)60(67-52-32-14-5-23-42(52)43-24-6-15-33-53(43)67)57(62-64-47-27-9-18-36-56(47)69-62)61(68-54-34-16-7-25-44(54)45-26-8-17-35-55(45)68)59(46)66-50-30-12-3-21-40(50)41-22-4-13-31-51(41)66/h1-36H. The lowest BCUT2D eigenvalue weighted by atomic mass is 9.98. The van der Waals surface area contributed by atoms with Gasteiger partial charge in [0, 0.05) is 43.1 Å². The molecule has 7 heteroatoms. The third-order valence-corrected chi connectivity index (χ3v) is 15.3. The van der Waals surface area contributed by atoms with Gasteiger partial charge in [0.05, 0.1) is 82.7 Å². The first-order chi connectivity index (χ1) is 34.3. The fraction of sp³-hybridized carbons (Fsp3) is 0. The van der Waals surface area contributed by atoms with Crippen LogP contribution in [-0.4, -0.2) is 23.3 Å². The van der Waals surface area contributed by atoms with Crippen LogP contribution in [0.3, 0.4) is 0 Å². The van der Waals surface area contributed by atoms with Crippen molar-refractivity contribution in [2.75, 3.05) is 0 Å². The molecule has 0 amide bonds. The van der Waals surface area contributed by atoms with E-state index in [1.165, 1.54) is 0 Å². The molecule has 15 aromatic rings. The minimum atomic E-state index is 0.534. The number of aromatic nitrogens is 5. The monoisotopic (exact) mass is 896 g/mol. The van der Waals surface area contributed by atoms with E-state index in [-0.39, 0.29) is 0 Å². The summed E-state index contributed by atoms with van der Waals surface area (Å²) < 4.78 is 10.7. The highest BCUT2D eigenvalue weighted by molar-refractivity contribution is 7.21. The second-order valence-corrected chi connectivity index (χ2v) is 18.8. The Morgan fingerprint density at radius 3 is 0.870 bits per heavy atom. The van der Waals surface area contributed by atoms with Gasteiger partial charge in [-0.1, -0.05) is 158 Å². The fourth-order valence-corrected chi connectivity index (χ4v) is 12.5. The lowest BCUT2D eigenvalue weighted by molar-refractivity contribution is 1.03. The van der Waals surface area contributed by atoms with Crippen LogP contribution in [0.5, 0.6) is 0 Å². The number of thiazole rings is 1. The topological polar surface area (TPSA) is 56.4 Å². The number of rotatable bonds is 5. The van der Waals surface area contributed by atoms with Crippen LogP contribution in [0.4, 0.5) is 0 Å². The zero-order chi connectivity index (χ0) is 45.3. The van der Waals surface area contributed by atoms with Crippen molar-refractivity contribution in [1.29, 1.82) is 5.26 Å². The van der Waals surface area contributed by atoms with E-state index in [0.29, 0.717) is 5.56 Å². The maximum absolute atomic E-state index is 12.6.